The van der Waals surface area contributed by atoms with E-state index < -0.39 is 5.41 Å². The first-order valence-corrected chi connectivity index (χ1v) is 17.1. The van der Waals surface area contributed by atoms with Crippen molar-refractivity contribution in [3.8, 4) is 11.1 Å². The first-order chi connectivity index (χ1) is 25.2. The van der Waals surface area contributed by atoms with Crippen molar-refractivity contribution < 1.29 is 4.42 Å². The molecule has 0 radical (unpaired) electrons. The summed E-state index contributed by atoms with van der Waals surface area (Å²) in [7, 11) is 0. The molecule has 0 spiro atoms. The summed E-state index contributed by atoms with van der Waals surface area (Å²) >= 11 is 0. The van der Waals surface area contributed by atoms with Crippen LogP contribution in [0.2, 0.25) is 0 Å². The predicted molar refractivity (Wildman–Crippen MR) is 210 cm³/mol. The number of nitrogens with one attached hydrogen (secondary N) is 1. The van der Waals surface area contributed by atoms with Crippen LogP contribution >= 0.6 is 0 Å². The van der Waals surface area contributed by atoms with Gasteiger partial charge in [0.1, 0.15) is 11.2 Å². The fourth-order valence-corrected chi connectivity index (χ4v) is 8.09. The molecule has 1 N–H and O–H groups in total. The molecule has 0 unspecified atom stereocenters. The van der Waals surface area contributed by atoms with Gasteiger partial charge in [-0.3, -0.25) is 9.98 Å². The molecule has 0 saturated carbocycles. The lowest BCUT2D eigenvalue weighted by Gasteiger charge is -2.29. The van der Waals surface area contributed by atoms with E-state index in [2.05, 4.69) is 91.1 Å². The van der Waals surface area contributed by atoms with E-state index in [-0.39, 0.29) is 5.96 Å². The van der Waals surface area contributed by atoms with Crippen molar-refractivity contribution in [1.29, 1.82) is 5.41 Å². The Bertz CT molecular complexity index is 2790. The molecular formula is C46H30N4O. The van der Waals surface area contributed by atoms with Crippen molar-refractivity contribution in [2.75, 3.05) is 0 Å². The van der Waals surface area contributed by atoms with Gasteiger partial charge in [0.05, 0.1) is 16.4 Å². The maximum atomic E-state index is 9.49. The van der Waals surface area contributed by atoms with Crippen LogP contribution < -0.4 is 0 Å². The van der Waals surface area contributed by atoms with E-state index in [1.165, 1.54) is 11.1 Å². The fraction of sp³-hybridized carbons (Fsp3) is 0.0217. The molecule has 0 saturated heterocycles. The number of benzene rings is 7. The summed E-state index contributed by atoms with van der Waals surface area (Å²) in [5.74, 6) is 0.542. The lowest BCUT2D eigenvalue weighted by atomic mass is 9.72. The first kappa shape index (κ1) is 29.1. The second-order valence-corrected chi connectivity index (χ2v) is 12.9. The van der Waals surface area contributed by atoms with Crippen LogP contribution in [0.1, 0.15) is 22.3 Å². The van der Waals surface area contributed by atoms with Gasteiger partial charge in [0.2, 0.25) is 5.96 Å². The highest BCUT2D eigenvalue weighted by Gasteiger charge is 2.45. The molecular weight excluding hydrogens is 625 g/mol. The van der Waals surface area contributed by atoms with Gasteiger partial charge < -0.3 is 4.42 Å². The minimum Gasteiger partial charge on any atom is -0.456 e. The summed E-state index contributed by atoms with van der Waals surface area (Å²) in [4.78, 5) is 10.4. The summed E-state index contributed by atoms with van der Waals surface area (Å²) < 4.78 is 8.35. The Balaban J connectivity index is 1.25. The zero-order chi connectivity index (χ0) is 33.9. The number of hydrogen-bond acceptors (Lipinski definition) is 2. The van der Waals surface area contributed by atoms with Crippen LogP contribution in [-0.2, 0) is 5.41 Å². The Labute approximate surface area is 294 Å². The molecule has 10 rings (SSSR count). The van der Waals surface area contributed by atoms with E-state index in [0.29, 0.717) is 5.84 Å². The van der Waals surface area contributed by atoms with Crippen LogP contribution in [0, 0.1) is 5.41 Å². The SMILES string of the molecule is N=C(/N=C(\N=CC1(c2cccc3oc4ccccc4c23)c2ccccc2-c2ccccc21)c1ccccc1)n1c2ccccc2c2ccccc21. The molecule has 5 heteroatoms. The van der Waals surface area contributed by atoms with E-state index >= 15 is 0 Å². The third-order valence-corrected chi connectivity index (χ3v) is 10.2. The van der Waals surface area contributed by atoms with Crippen LogP contribution in [0.3, 0.4) is 0 Å². The van der Waals surface area contributed by atoms with Crippen molar-refractivity contribution in [3.63, 3.8) is 0 Å². The van der Waals surface area contributed by atoms with Crippen molar-refractivity contribution in [3.05, 3.63) is 192 Å². The van der Waals surface area contributed by atoms with E-state index in [9.17, 15) is 5.41 Å². The molecule has 0 bridgehead atoms. The number of amidine groups is 1. The largest absolute Gasteiger partial charge is 0.456 e. The van der Waals surface area contributed by atoms with Gasteiger partial charge in [-0.25, -0.2) is 4.99 Å². The molecule has 1 aliphatic carbocycles. The van der Waals surface area contributed by atoms with E-state index in [0.717, 1.165) is 66.0 Å². The molecule has 1 aliphatic rings. The Morgan fingerprint density at radius 3 is 1.75 bits per heavy atom. The molecule has 9 aromatic rings. The summed E-state index contributed by atoms with van der Waals surface area (Å²) in [6.07, 6.45) is 2.05. The molecule has 0 amide bonds. The Morgan fingerprint density at radius 1 is 0.529 bits per heavy atom. The Kier molecular flexibility index (Phi) is 6.48. The van der Waals surface area contributed by atoms with Crippen LogP contribution in [0.4, 0.5) is 0 Å². The van der Waals surface area contributed by atoms with E-state index in [1.54, 1.807) is 0 Å². The highest BCUT2D eigenvalue weighted by Crippen LogP contribution is 2.53. The standard InChI is InChI=1S/C46H30N4O/c47-45(50-39-25-11-6-19-33(39)34-20-7-12-26-40(34)50)49-44(30-15-2-1-3-16-30)48-29-46(36-22-9-4-17-31(36)32-18-5-10-23-37(32)46)38-24-14-28-42-43(38)35-21-8-13-27-41(35)51-42/h1-29,47H/b47-45?,48-29?,49-44-. The number of nitrogens with zero attached hydrogens (tertiary/aromatic N) is 3. The van der Waals surface area contributed by atoms with Gasteiger partial charge >= 0.3 is 0 Å². The molecule has 0 aliphatic heterocycles. The maximum absolute atomic E-state index is 9.49. The van der Waals surface area contributed by atoms with Gasteiger partial charge in [-0.2, -0.15) is 4.99 Å². The Morgan fingerprint density at radius 2 is 1.06 bits per heavy atom. The van der Waals surface area contributed by atoms with Gasteiger partial charge in [-0.1, -0.05) is 146 Å². The lowest BCUT2D eigenvalue weighted by molar-refractivity contribution is 0.668. The van der Waals surface area contributed by atoms with Crippen molar-refractivity contribution in [2.24, 2.45) is 9.98 Å². The number of rotatable bonds is 3. The number of aromatic nitrogens is 1. The van der Waals surface area contributed by atoms with Crippen LogP contribution in [-0.4, -0.2) is 22.6 Å². The zero-order valence-corrected chi connectivity index (χ0v) is 27.5. The number of hydrogen-bond donors (Lipinski definition) is 1. The average Bonchev–Trinajstić information content (AvgIpc) is 3.84. The van der Waals surface area contributed by atoms with Gasteiger partial charge in [-0.05, 0) is 52.1 Å². The lowest BCUT2D eigenvalue weighted by Crippen LogP contribution is -2.30. The van der Waals surface area contributed by atoms with Crippen LogP contribution in [0.25, 0.3) is 54.9 Å². The van der Waals surface area contributed by atoms with Gasteiger partial charge in [0.15, 0.2) is 5.84 Å². The smallest absolute Gasteiger partial charge is 0.229 e. The second-order valence-electron chi connectivity index (χ2n) is 12.9. The maximum Gasteiger partial charge on any atom is 0.229 e. The summed E-state index contributed by atoms with van der Waals surface area (Å²) in [5.41, 5.74) is 9.25. The van der Waals surface area contributed by atoms with Gasteiger partial charge in [0, 0.05) is 33.3 Å². The molecule has 0 atom stereocenters. The minimum atomic E-state index is -0.788. The molecule has 240 valence electrons. The molecule has 51 heavy (non-hydrogen) atoms. The van der Waals surface area contributed by atoms with Crippen LogP contribution in [0.5, 0.6) is 0 Å². The van der Waals surface area contributed by atoms with Crippen molar-refractivity contribution in [1.82, 2.24) is 4.57 Å². The highest BCUT2D eigenvalue weighted by molar-refractivity contribution is 6.18. The number of furan rings is 1. The van der Waals surface area contributed by atoms with Gasteiger partial charge in [-0.15, -0.1) is 0 Å². The molecule has 2 aromatic heterocycles. The van der Waals surface area contributed by atoms with Crippen molar-refractivity contribution >= 4 is 61.8 Å². The Hall–Kier alpha value is -6.85. The van der Waals surface area contributed by atoms with Crippen molar-refractivity contribution in [2.45, 2.75) is 5.41 Å². The normalized spacial score (nSPS) is 13.8. The van der Waals surface area contributed by atoms with E-state index in [1.807, 2.05) is 89.5 Å². The highest BCUT2D eigenvalue weighted by atomic mass is 16.3. The second kappa shape index (κ2) is 11.4. The summed E-state index contributed by atoms with van der Waals surface area (Å²) in [6, 6.07) is 58.1. The number of para-hydroxylation sites is 3. The fourth-order valence-electron chi connectivity index (χ4n) is 8.09. The number of fused-ring (bicyclic) bond motifs is 9. The molecule has 2 heterocycles. The number of aliphatic imine (C=N–C) groups is 2. The third-order valence-electron chi connectivity index (χ3n) is 10.2. The predicted octanol–water partition coefficient (Wildman–Crippen LogP) is 11.0. The monoisotopic (exact) mass is 654 g/mol. The third kappa shape index (κ3) is 4.31. The molecule has 5 nitrogen and oxygen atoms in total. The first-order valence-electron chi connectivity index (χ1n) is 17.1. The topological polar surface area (TPSA) is 66.6 Å². The molecule has 0 fully saturated rings. The van der Waals surface area contributed by atoms with Crippen LogP contribution in [0.15, 0.2) is 184 Å². The summed E-state index contributed by atoms with van der Waals surface area (Å²) in [5, 5.41) is 13.8. The quantitative estimate of drug-likeness (QED) is 0.149. The zero-order valence-electron chi connectivity index (χ0n) is 27.5. The molecule has 7 aromatic carbocycles. The average molecular weight is 655 g/mol. The van der Waals surface area contributed by atoms with E-state index in [4.69, 9.17) is 14.4 Å². The minimum absolute atomic E-state index is 0.0904. The van der Waals surface area contributed by atoms with Gasteiger partial charge in [0.25, 0.3) is 0 Å². The summed E-state index contributed by atoms with van der Waals surface area (Å²) in [6.45, 7) is 0.